The van der Waals surface area contributed by atoms with Gasteiger partial charge >= 0.3 is 0 Å². The SMILES string of the molecule is Cc1nc2c([nH]1)CN(Cc1cnc(-c3ccccn3)nc1)CC2. The first-order chi connectivity index (χ1) is 11.3. The zero-order valence-electron chi connectivity index (χ0n) is 13.0. The van der Waals surface area contributed by atoms with E-state index in [4.69, 9.17) is 0 Å². The first kappa shape index (κ1) is 14.0. The van der Waals surface area contributed by atoms with E-state index in [2.05, 4.69) is 29.8 Å². The maximum atomic E-state index is 4.52. The van der Waals surface area contributed by atoms with Crippen LogP contribution in [0.4, 0.5) is 0 Å². The summed E-state index contributed by atoms with van der Waals surface area (Å²) in [6.07, 6.45) is 6.53. The molecule has 1 N–H and O–H groups in total. The third kappa shape index (κ3) is 2.98. The molecule has 6 nitrogen and oxygen atoms in total. The Morgan fingerprint density at radius 3 is 2.83 bits per heavy atom. The Hall–Kier alpha value is -2.60. The van der Waals surface area contributed by atoms with E-state index >= 15 is 0 Å². The molecule has 0 amide bonds. The van der Waals surface area contributed by atoms with E-state index in [1.54, 1.807) is 6.20 Å². The second-order valence-corrected chi connectivity index (χ2v) is 5.84. The molecule has 4 heterocycles. The normalized spacial score (nSPS) is 14.7. The summed E-state index contributed by atoms with van der Waals surface area (Å²) < 4.78 is 0. The Morgan fingerprint density at radius 2 is 2.04 bits per heavy atom. The molecule has 3 aromatic rings. The Bertz CT molecular complexity index is 794. The van der Waals surface area contributed by atoms with Gasteiger partial charge in [0.15, 0.2) is 5.82 Å². The smallest absolute Gasteiger partial charge is 0.178 e. The van der Waals surface area contributed by atoms with Crippen LogP contribution in [-0.2, 0) is 19.5 Å². The van der Waals surface area contributed by atoms with Crippen molar-refractivity contribution in [2.45, 2.75) is 26.4 Å². The number of nitrogens with one attached hydrogen (secondary N) is 1. The number of hydrogen-bond donors (Lipinski definition) is 1. The average molecular weight is 306 g/mol. The number of imidazole rings is 1. The van der Waals surface area contributed by atoms with Crippen LogP contribution in [0, 0.1) is 6.92 Å². The van der Waals surface area contributed by atoms with Gasteiger partial charge in [0, 0.05) is 50.2 Å². The summed E-state index contributed by atoms with van der Waals surface area (Å²) >= 11 is 0. The number of aromatic amines is 1. The van der Waals surface area contributed by atoms with Gasteiger partial charge < -0.3 is 4.98 Å². The van der Waals surface area contributed by atoms with Gasteiger partial charge in [-0.05, 0) is 19.1 Å². The molecule has 0 aromatic carbocycles. The van der Waals surface area contributed by atoms with Crippen molar-refractivity contribution in [1.82, 2.24) is 29.8 Å². The van der Waals surface area contributed by atoms with Crippen LogP contribution in [0.25, 0.3) is 11.5 Å². The van der Waals surface area contributed by atoms with Crippen molar-refractivity contribution in [2.24, 2.45) is 0 Å². The fourth-order valence-corrected chi connectivity index (χ4v) is 2.95. The lowest BCUT2D eigenvalue weighted by Gasteiger charge is -2.25. The van der Waals surface area contributed by atoms with Crippen molar-refractivity contribution in [3.8, 4) is 11.5 Å². The van der Waals surface area contributed by atoms with Gasteiger partial charge in [-0.2, -0.15) is 0 Å². The predicted octanol–water partition coefficient (Wildman–Crippen LogP) is 2.13. The molecule has 0 unspecified atom stereocenters. The summed E-state index contributed by atoms with van der Waals surface area (Å²) in [5.41, 5.74) is 4.36. The zero-order valence-corrected chi connectivity index (χ0v) is 13.0. The summed E-state index contributed by atoms with van der Waals surface area (Å²) in [6.45, 7) is 4.77. The van der Waals surface area contributed by atoms with Crippen molar-refractivity contribution >= 4 is 0 Å². The average Bonchev–Trinajstić information content (AvgIpc) is 2.96. The highest BCUT2D eigenvalue weighted by Crippen LogP contribution is 2.18. The van der Waals surface area contributed by atoms with Gasteiger partial charge in [-0.25, -0.2) is 15.0 Å². The highest BCUT2D eigenvalue weighted by atomic mass is 15.2. The summed E-state index contributed by atoms with van der Waals surface area (Å²) in [4.78, 5) is 23.4. The molecule has 0 fully saturated rings. The minimum atomic E-state index is 0.666. The van der Waals surface area contributed by atoms with Crippen LogP contribution < -0.4 is 0 Å². The molecule has 3 aromatic heterocycles. The molecule has 0 saturated carbocycles. The van der Waals surface area contributed by atoms with Crippen molar-refractivity contribution in [3.63, 3.8) is 0 Å². The Morgan fingerprint density at radius 1 is 1.17 bits per heavy atom. The molecule has 0 bridgehead atoms. The fraction of sp³-hybridized carbons (Fsp3) is 0.294. The van der Waals surface area contributed by atoms with Gasteiger partial charge in [-0.3, -0.25) is 9.88 Å². The van der Waals surface area contributed by atoms with E-state index in [-0.39, 0.29) is 0 Å². The number of fused-ring (bicyclic) bond motifs is 1. The largest absolute Gasteiger partial charge is 0.345 e. The molecular weight excluding hydrogens is 288 g/mol. The number of nitrogens with zero attached hydrogens (tertiary/aromatic N) is 5. The first-order valence-corrected chi connectivity index (χ1v) is 7.77. The van der Waals surface area contributed by atoms with Crippen LogP contribution in [0.2, 0.25) is 0 Å². The van der Waals surface area contributed by atoms with Crippen molar-refractivity contribution in [3.05, 3.63) is 59.6 Å². The molecule has 0 aliphatic carbocycles. The van der Waals surface area contributed by atoms with Crippen LogP contribution >= 0.6 is 0 Å². The van der Waals surface area contributed by atoms with Crippen LogP contribution in [0.5, 0.6) is 0 Å². The van der Waals surface area contributed by atoms with E-state index in [0.29, 0.717) is 5.82 Å². The van der Waals surface area contributed by atoms with Crippen LogP contribution in [-0.4, -0.2) is 36.4 Å². The maximum Gasteiger partial charge on any atom is 0.178 e. The molecule has 0 spiro atoms. The van der Waals surface area contributed by atoms with E-state index in [0.717, 1.165) is 43.1 Å². The quantitative estimate of drug-likeness (QED) is 0.802. The van der Waals surface area contributed by atoms with Gasteiger partial charge in [0.2, 0.25) is 0 Å². The Kier molecular flexibility index (Phi) is 3.59. The minimum absolute atomic E-state index is 0.666. The maximum absolute atomic E-state index is 4.52. The highest BCUT2D eigenvalue weighted by molar-refractivity contribution is 5.47. The van der Waals surface area contributed by atoms with E-state index < -0.39 is 0 Å². The lowest BCUT2D eigenvalue weighted by molar-refractivity contribution is 0.241. The number of aromatic nitrogens is 5. The Balaban J connectivity index is 1.46. The number of H-pyrrole nitrogens is 1. The zero-order chi connectivity index (χ0) is 15.6. The lowest BCUT2D eigenvalue weighted by Crippen LogP contribution is -2.30. The van der Waals surface area contributed by atoms with E-state index in [1.807, 2.05) is 37.5 Å². The van der Waals surface area contributed by atoms with Gasteiger partial charge in [0.25, 0.3) is 0 Å². The molecule has 6 heteroatoms. The number of aryl methyl sites for hydroxylation is 1. The molecule has 1 aliphatic rings. The monoisotopic (exact) mass is 306 g/mol. The summed E-state index contributed by atoms with van der Waals surface area (Å²) in [7, 11) is 0. The minimum Gasteiger partial charge on any atom is -0.345 e. The van der Waals surface area contributed by atoms with E-state index in [9.17, 15) is 0 Å². The van der Waals surface area contributed by atoms with Crippen molar-refractivity contribution in [1.29, 1.82) is 0 Å². The van der Waals surface area contributed by atoms with Gasteiger partial charge in [0.1, 0.15) is 11.5 Å². The van der Waals surface area contributed by atoms with Gasteiger partial charge in [-0.1, -0.05) is 6.07 Å². The highest BCUT2D eigenvalue weighted by Gasteiger charge is 2.19. The summed E-state index contributed by atoms with van der Waals surface area (Å²) in [5.74, 6) is 1.67. The molecule has 1 aliphatic heterocycles. The number of hydrogen-bond acceptors (Lipinski definition) is 5. The van der Waals surface area contributed by atoms with Gasteiger partial charge in [0.05, 0.1) is 11.4 Å². The van der Waals surface area contributed by atoms with Crippen molar-refractivity contribution < 1.29 is 0 Å². The molecule has 0 atom stereocenters. The number of rotatable bonds is 3. The molecular formula is C17H18N6. The molecule has 23 heavy (non-hydrogen) atoms. The molecule has 0 saturated heterocycles. The van der Waals surface area contributed by atoms with E-state index in [1.165, 1.54) is 11.4 Å². The molecule has 116 valence electrons. The molecule has 4 rings (SSSR count). The first-order valence-electron chi connectivity index (χ1n) is 7.77. The number of pyridine rings is 1. The van der Waals surface area contributed by atoms with Crippen molar-refractivity contribution in [2.75, 3.05) is 6.54 Å². The lowest BCUT2D eigenvalue weighted by atomic mass is 10.1. The third-order valence-corrected chi connectivity index (χ3v) is 4.03. The molecule has 0 radical (unpaired) electrons. The standard InChI is InChI=1S/C17H18N6/c1-12-21-14-5-7-23(11-16(14)22-12)10-13-8-19-17(20-9-13)15-4-2-3-6-18-15/h2-4,6,8-9H,5,7,10-11H2,1H3,(H,21,22). The van der Waals surface area contributed by atoms with Crippen LogP contribution in [0.1, 0.15) is 22.8 Å². The second-order valence-electron chi connectivity index (χ2n) is 5.84. The predicted molar refractivity (Wildman–Crippen MR) is 86.4 cm³/mol. The second kappa shape index (κ2) is 5.89. The third-order valence-electron chi connectivity index (χ3n) is 4.03. The topological polar surface area (TPSA) is 70.6 Å². The van der Waals surface area contributed by atoms with Gasteiger partial charge in [-0.15, -0.1) is 0 Å². The summed E-state index contributed by atoms with van der Waals surface area (Å²) in [5, 5.41) is 0. The Labute approximate surface area is 134 Å². The van der Waals surface area contributed by atoms with Crippen LogP contribution in [0.3, 0.4) is 0 Å². The van der Waals surface area contributed by atoms with Crippen LogP contribution in [0.15, 0.2) is 36.8 Å². The fourth-order valence-electron chi connectivity index (χ4n) is 2.95. The summed E-state index contributed by atoms with van der Waals surface area (Å²) in [6, 6.07) is 5.75.